The molecular formula is C12H14N4O. The highest BCUT2D eigenvalue weighted by atomic mass is 16.5. The minimum Gasteiger partial charge on any atom is -0.378 e. The summed E-state index contributed by atoms with van der Waals surface area (Å²) in [6, 6.07) is 2.14. The van der Waals surface area contributed by atoms with Crippen molar-refractivity contribution < 1.29 is 4.74 Å². The third-order valence-electron chi connectivity index (χ3n) is 2.93. The number of anilines is 1. The summed E-state index contributed by atoms with van der Waals surface area (Å²) in [5, 5.41) is 6.77. The van der Waals surface area contributed by atoms with Crippen molar-refractivity contribution in [3.05, 3.63) is 30.9 Å². The number of nitrogens with zero attached hydrogens (tertiary/aromatic N) is 3. The van der Waals surface area contributed by atoms with E-state index in [1.807, 2.05) is 18.6 Å². The maximum Gasteiger partial charge on any atom is 0.0642 e. The first kappa shape index (κ1) is 10.3. The Bertz CT molecular complexity index is 477. The summed E-state index contributed by atoms with van der Waals surface area (Å²) < 4.78 is 5.35. The molecular weight excluding hydrogens is 216 g/mol. The maximum atomic E-state index is 5.35. The Morgan fingerprint density at radius 2 is 2.00 bits per heavy atom. The Labute approximate surface area is 99.4 Å². The number of aromatic nitrogens is 3. The lowest BCUT2D eigenvalue weighted by Crippen LogP contribution is -2.36. The lowest BCUT2D eigenvalue weighted by Gasteiger charge is -2.28. The van der Waals surface area contributed by atoms with Crippen molar-refractivity contribution >= 4 is 5.69 Å². The van der Waals surface area contributed by atoms with Crippen molar-refractivity contribution in [3.8, 4) is 11.1 Å². The standard InChI is InChI=1S/C12H14N4O/c1-3-17-4-2-16(1)12-5-10(6-13-9-12)11-7-14-15-8-11/h5-9H,1-4H2,(H,14,15). The molecule has 0 atom stereocenters. The normalized spacial score (nSPS) is 16.1. The van der Waals surface area contributed by atoms with Gasteiger partial charge in [-0.1, -0.05) is 0 Å². The molecule has 1 aliphatic rings. The van der Waals surface area contributed by atoms with Crippen molar-refractivity contribution in [2.24, 2.45) is 0 Å². The van der Waals surface area contributed by atoms with E-state index in [9.17, 15) is 0 Å². The minimum absolute atomic E-state index is 0.788. The van der Waals surface area contributed by atoms with Crippen LogP contribution in [0.2, 0.25) is 0 Å². The molecule has 2 aromatic heterocycles. The topological polar surface area (TPSA) is 54.0 Å². The van der Waals surface area contributed by atoms with Gasteiger partial charge in [0.2, 0.25) is 0 Å². The van der Waals surface area contributed by atoms with Gasteiger partial charge in [0.1, 0.15) is 0 Å². The van der Waals surface area contributed by atoms with Crippen LogP contribution in [0, 0.1) is 0 Å². The number of pyridine rings is 1. The summed E-state index contributed by atoms with van der Waals surface area (Å²) in [7, 11) is 0. The van der Waals surface area contributed by atoms with Crippen molar-refractivity contribution in [2.45, 2.75) is 0 Å². The van der Waals surface area contributed by atoms with Gasteiger partial charge in [0.25, 0.3) is 0 Å². The fourth-order valence-electron chi connectivity index (χ4n) is 1.99. The molecule has 0 aromatic carbocycles. The molecule has 0 aliphatic carbocycles. The minimum atomic E-state index is 0.788. The van der Waals surface area contributed by atoms with Crippen molar-refractivity contribution in [1.29, 1.82) is 0 Å². The maximum absolute atomic E-state index is 5.35. The number of hydrogen-bond acceptors (Lipinski definition) is 4. The van der Waals surface area contributed by atoms with Gasteiger partial charge in [-0.3, -0.25) is 10.1 Å². The van der Waals surface area contributed by atoms with E-state index in [1.54, 1.807) is 6.20 Å². The van der Waals surface area contributed by atoms with Crippen LogP contribution in [0.5, 0.6) is 0 Å². The number of rotatable bonds is 2. The van der Waals surface area contributed by atoms with Crippen molar-refractivity contribution in [2.75, 3.05) is 31.2 Å². The Hall–Kier alpha value is -1.88. The molecule has 0 unspecified atom stereocenters. The van der Waals surface area contributed by atoms with Crippen molar-refractivity contribution in [1.82, 2.24) is 15.2 Å². The number of aromatic amines is 1. The van der Waals surface area contributed by atoms with Gasteiger partial charge in [-0.15, -0.1) is 0 Å². The highest BCUT2D eigenvalue weighted by Gasteiger charge is 2.12. The van der Waals surface area contributed by atoms with E-state index in [4.69, 9.17) is 4.74 Å². The average molecular weight is 230 g/mol. The number of hydrogen-bond donors (Lipinski definition) is 1. The van der Waals surface area contributed by atoms with Crippen LogP contribution in [-0.2, 0) is 4.74 Å². The zero-order chi connectivity index (χ0) is 11.5. The van der Waals surface area contributed by atoms with Gasteiger partial charge in [0.15, 0.2) is 0 Å². The molecule has 0 spiro atoms. The third kappa shape index (κ3) is 2.14. The van der Waals surface area contributed by atoms with Gasteiger partial charge in [-0.25, -0.2) is 0 Å². The molecule has 1 saturated heterocycles. The van der Waals surface area contributed by atoms with Crippen LogP contribution in [0.25, 0.3) is 11.1 Å². The van der Waals surface area contributed by atoms with E-state index in [-0.39, 0.29) is 0 Å². The molecule has 0 bridgehead atoms. The van der Waals surface area contributed by atoms with E-state index >= 15 is 0 Å². The molecule has 88 valence electrons. The van der Waals surface area contributed by atoms with E-state index in [0.717, 1.165) is 43.1 Å². The molecule has 1 aliphatic heterocycles. The SMILES string of the molecule is c1ncc(N2CCOCC2)cc1-c1cn[nH]c1. The smallest absolute Gasteiger partial charge is 0.0642 e. The number of ether oxygens (including phenoxy) is 1. The summed E-state index contributed by atoms with van der Waals surface area (Å²) in [6.07, 6.45) is 7.43. The van der Waals surface area contributed by atoms with Gasteiger partial charge >= 0.3 is 0 Å². The zero-order valence-electron chi connectivity index (χ0n) is 9.47. The Kier molecular flexibility index (Phi) is 2.75. The lowest BCUT2D eigenvalue weighted by molar-refractivity contribution is 0.122. The summed E-state index contributed by atoms with van der Waals surface area (Å²) >= 11 is 0. The molecule has 3 heterocycles. The number of nitrogens with one attached hydrogen (secondary N) is 1. The largest absolute Gasteiger partial charge is 0.378 e. The van der Waals surface area contributed by atoms with Crippen molar-refractivity contribution in [3.63, 3.8) is 0 Å². The Morgan fingerprint density at radius 3 is 2.76 bits per heavy atom. The van der Waals surface area contributed by atoms with Crippen LogP contribution in [0.1, 0.15) is 0 Å². The molecule has 3 rings (SSSR count). The first-order valence-corrected chi connectivity index (χ1v) is 5.70. The summed E-state index contributed by atoms with van der Waals surface area (Å²) in [5.41, 5.74) is 3.29. The molecule has 0 amide bonds. The predicted molar refractivity (Wildman–Crippen MR) is 64.9 cm³/mol. The summed E-state index contributed by atoms with van der Waals surface area (Å²) in [6.45, 7) is 3.43. The molecule has 5 heteroatoms. The monoisotopic (exact) mass is 230 g/mol. The fraction of sp³-hybridized carbons (Fsp3) is 0.333. The third-order valence-corrected chi connectivity index (χ3v) is 2.93. The first-order chi connectivity index (χ1) is 8.43. The zero-order valence-corrected chi connectivity index (χ0v) is 9.47. The van der Waals surface area contributed by atoms with Gasteiger partial charge in [-0.2, -0.15) is 5.10 Å². The van der Waals surface area contributed by atoms with Crippen LogP contribution in [0.4, 0.5) is 5.69 Å². The van der Waals surface area contributed by atoms with Crippen LogP contribution in [0.3, 0.4) is 0 Å². The molecule has 1 fully saturated rings. The molecule has 2 aromatic rings. The van der Waals surface area contributed by atoms with Crippen LogP contribution in [-0.4, -0.2) is 41.5 Å². The Balaban J connectivity index is 1.88. The quantitative estimate of drug-likeness (QED) is 0.845. The number of morpholine rings is 1. The molecule has 17 heavy (non-hydrogen) atoms. The molecule has 1 N–H and O–H groups in total. The second-order valence-electron chi connectivity index (χ2n) is 4.02. The summed E-state index contributed by atoms with van der Waals surface area (Å²) in [5.74, 6) is 0. The Morgan fingerprint density at radius 1 is 1.12 bits per heavy atom. The van der Waals surface area contributed by atoms with E-state index in [0.29, 0.717) is 0 Å². The number of H-pyrrole nitrogens is 1. The van der Waals surface area contributed by atoms with Gasteiger partial charge in [0, 0.05) is 36.6 Å². The fourth-order valence-corrected chi connectivity index (χ4v) is 1.99. The highest BCUT2D eigenvalue weighted by Crippen LogP contribution is 2.22. The van der Waals surface area contributed by atoms with Gasteiger partial charge < -0.3 is 9.64 Å². The predicted octanol–water partition coefficient (Wildman–Crippen LogP) is 1.31. The second kappa shape index (κ2) is 4.55. The van der Waals surface area contributed by atoms with Gasteiger partial charge in [0.05, 0.1) is 31.3 Å². The molecule has 5 nitrogen and oxygen atoms in total. The molecule has 0 saturated carbocycles. The van der Waals surface area contributed by atoms with Gasteiger partial charge in [-0.05, 0) is 6.07 Å². The van der Waals surface area contributed by atoms with Crippen LogP contribution in [0.15, 0.2) is 30.9 Å². The highest BCUT2D eigenvalue weighted by molar-refractivity contribution is 5.65. The average Bonchev–Trinajstić information content (AvgIpc) is 2.94. The van der Waals surface area contributed by atoms with E-state index < -0.39 is 0 Å². The molecule has 0 radical (unpaired) electrons. The van der Waals surface area contributed by atoms with Crippen LogP contribution < -0.4 is 4.90 Å². The first-order valence-electron chi connectivity index (χ1n) is 5.70. The van der Waals surface area contributed by atoms with Crippen LogP contribution >= 0.6 is 0 Å². The lowest BCUT2D eigenvalue weighted by atomic mass is 10.1. The summed E-state index contributed by atoms with van der Waals surface area (Å²) in [4.78, 5) is 6.58. The van der Waals surface area contributed by atoms with E-state index in [1.165, 1.54) is 0 Å². The van der Waals surface area contributed by atoms with E-state index in [2.05, 4.69) is 26.1 Å². The second-order valence-corrected chi connectivity index (χ2v) is 4.02.